The van der Waals surface area contributed by atoms with Crippen LogP contribution in [0.15, 0.2) is 48.5 Å². The van der Waals surface area contributed by atoms with E-state index in [0.29, 0.717) is 30.6 Å². The predicted molar refractivity (Wildman–Crippen MR) is 116 cm³/mol. The minimum absolute atomic E-state index is 0.0149. The molecule has 2 aromatic carbocycles. The van der Waals surface area contributed by atoms with Gasteiger partial charge in [-0.25, -0.2) is 4.98 Å². The summed E-state index contributed by atoms with van der Waals surface area (Å²) in [6.45, 7) is 4.20. The van der Waals surface area contributed by atoms with E-state index < -0.39 is 0 Å². The second-order valence-electron chi connectivity index (χ2n) is 7.28. The monoisotopic (exact) mass is 410 g/mol. The number of amides is 1. The fraction of sp³-hybridized carbons (Fsp3) is 0.391. The molecule has 1 aromatic heterocycles. The summed E-state index contributed by atoms with van der Waals surface area (Å²) in [5, 5.41) is 1.13. The second kappa shape index (κ2) is 9.27. The van der Waals surface area contributed by atoms with Crippen LogP contribution in [-0.2, 0) is 4.79 Å². The molecule has 4 rings (SSSR count). The topological polar surface area (TPSA) is 51.7 Å². The van der Waals surface area contributed by atoms with Crippen LogP contribution < -0.4 is 9.47 Å². The van der Waals surface area contributed by atoms with Gasteiger partial charge in [-0.3, -0.25) is 4.79 Å². The molecule has 0 spiro atoms. The number of nitrogens with zero attached hydrogens (tertiary/aromatic N) is 2. The Morgan fingerprint density at radius 1 is 1.14 bits per heavy atom. The number of aromatic nitrogens is 1. The Hall–Kier alpha value is -2.60. The van der Waals surface area contributed by atoms with Crippen molar-refractivity contribution in [2.45, 2.75) is 32.1 Å². The van der Waals surface area contributed by atoms with Gasteiger partial charge < -0.3 is 14.4 Å². The Balaban J connectivity index is 1.38. The first-order valence-corrected chi connectivity index (χ1v) is 11.0. The van der Waals surface area contributed by atoms with Gasteiger partial charge in [-0.1, -0.05) is 31.2 Å². The van der Waals surface area contributed by atoms with Gasteiger partial charge in [0.2, 0.25) is 0 Å². The van der Waals surface area contributed by atoms with Gasteiger partial charge in [0.05, 0.1) is 21.8 Å². The highest BCUT2D eigenvalue weighted by molar-refractivity contribution is 7.18. The van der Waals surface area contributed by atoms with E-state index in [1.165, 1.54) is 4.70 Å². The second-order valence-corrected chi connectivity index (χ2v) is 8.34. The van der Waals surface area contributed by atoms with Gasteiger partial charge in [0, 0.05) is 19.0 Å². The lowest BCUT2D eigenvalue weighted by Crippen LogP contribution is -2.41. The molecule has 2 heterocycles. The Kier molecular flexibility index (Phi) is 6.30. The van der Waals surface area contributed by atoms with Crippen molar-refractivity contribution in [3.63, 3.8) is 0 Å². The zero-order valence-electron chi connectivity index (χ0n) is 16.7. The molecule has 1 aliphatic rings. The van der Waals surface area contributed by atoms with Crippen molar-refractivity contribution in [3.8, 4) is 11.5 Å². The normalized spacial score (nSPS) is 16.7. The Bertz CT molecular complexity index is 938. The minimum atomic E-state index is 0.0149. The average Bonchev–Trinajstić information content (AvgIpc) is 3.21. The third-order valence-corrected chi connectivity index (χ3v) is 6.29. The lowest BCUT2D eigenvalue weighted by atomic mass is 9.99. The maximum Gasteiger partial charge on any atom is 0.260 e. The van der Waals surface area contributed by atoms with Crippen LogP contribution in [0.5, 0.6) is 11.5 Å². The summed E-state index contributed by atoms with van der Waals surface area (Å²) < 4.78 is 12.7. The molecule has 152 valence electrons. The molecule has 1 amide bonds. The maximum atomic E-state index is 12.8. The summed E-state index contributed by atoms with van der Waals surface area (Å²) in [6.07, 6.45) is 2.98. The summed E-state index contributed by atoms with van der Waals surface area (Å²) in [5.74, 6) is 1.62. The summed E-state index contributed by atoms with van der Waals surface area (Å²) in [6, 6.07) is 15.7. The van der Waals surface area contributed by atoms with Crippen LogP contribution in [0.4, 0.5) is 0 Å². The van der Waals surface area contributed by atoms with E-state index in [4.69, 9.17) is 14.5 Å². The fourth-order valence-electron chi connectivity index (χ4n) is 3.60. The van der Waals surface area contributed by atoms with E-state index in [0.717, 1.165) is 36.3 Å². The van der Waals surface area contributed by atoms with Crippen LogP contribution in [0, 0.1) is 0 Å². The van der Waals surface area contributed by atoms with Gasteiger partial charge in [0.15, 0.2) is 18.1 Å². The lowest BCUT2D eigenvalue weighted by Gasteiger charge is -2.31. The van der Waals surface area contributed by atoms with Crippen molar-refractivity contribution in [3.05, 3.63) is 53.5 Å². The zero-order valence-corrected chi connectivity index (χ0v) is 17.5. The molecule has 29 heavy (non-hydrogen) atoms. The molecular weight excluding hydrogens is 384 g/mol. The van der Waals surface area contributed by atoms with Crippen LogP contribution >= 0.6 is 11.3 Å². The van der Waals surface area contributed by atoms with Crippen molar-refractivity contribution in [1.82, 2.24) is 9.88 Å². The van der Waals surface area contributed by atoms with Gasteiger partial charge in [0.25, 0.3) is 5.91 Å². The first-order valence-electron chi connectivity index (χ1n) is 10.2. The third-order valence-electron chi connectivity index (χ3n) is 5.10. The number of benzene rings is 2. The van der Waals surface area contributed by atoms with Crippen LogP contribution in [-0.4, -0.2) is 42.1 Å². The molecule has 1 atom stereocenters. The molecule has 0 bridgehead atoms. The van der Waals surface area contributed by atoms with E-state index in [-0.39, 0.29) is 12.5 Å². The minimum Gasteiger partial charge on any atom is -0.490 e. The quantitative estimate of drug-likeness (QED) is 0.558. The zero-order chi connectivity index (χ0) is 20.1. The molecule has 3 aromatic rings. The van der Waals surface area contributed by atoms with Crippen LogP contribution in [0.1, 0.15) is 37.1 Å². The third kappa shape index (κ3) is 4.70. The number of para-hydroxylation sites is 3. The number of carbonyl (C=O) groups excluding carboxylic acids is 1. The molecule has 1 aliphatic heterocycles. The number of thiazole rings is 1. The molecule has 1 unspecified atom stereocenters. The standard InChI is InChI=1S/C23H26N2O3S/c1-2-14-27-19-10-4-5-11-20(19)28-16-22(26)25-13-7-8-17(15-25)23-24-18-9-3-6-12-21(18)29-23/h3-6,9-12,17H,2,7-8,13-16H2,1H3. The molecular formula is C23H26N2O3S. The number of carbonyl (C=O) groups is 1. The lowest BCUT2D eigenvalue weighted by molar-refractivity contribution is -0.134. The fourth-order valence-corrected chi connectivity index (χ4v) is 4.69. The number of ether oxygens (including phenoxy) is 2. The molecule has 1 fully saturated rings. The summed E-state index contributed by atoms with van der Waals surface area (Å²) in [5.41, 5.74) is 1.04. The van der Waals surface area contributed by atoms with Crippen LogP contribution in [0.3, 0.4) is 0 Å². The molecule has 0 saturated carbocycles. The van der Waals surface area contributed by atoms with Gasteiger partial charge in [-0.05, 0) is 43.5 Å². The number of likely N-dealkylation sites (tertiary alicyclic amines) is 1. The van der Waals surface area contributed by atoms with E-state index in [1.54, 1.807) is 11.3 Å². The van der Waals surface area contributed by atoms with Crippen molar-refractivity contribution in [1.29, 1.82) is 0 Å². The van der Waals surface area contributed by atoms with Gasteiger partial charge in [0.1, 0.15) is 0 Å². The van der Waals surface area contributed by atoms with Crippen LogP contribution in [0.2, 0.25) is 0 Å². The Morgan fingerprint density at radius 2 is 1.90 bits per heavy atom. The molecule has 5 nitrogen and oxygen atoms in total. The number of piperidine rings is 1. The largest absolute Gasteiger partial charge is 0.490 e. The molecule has 0 radical (unpaired) electrons. The van der Waals surface area contributed by atoms with Crippen molar-refractivity contribution < 1.29 is 14.3 Å². The van der Waals surface area contributed by atoms with Crippen LogP contribution in [0.25, 0.3) is 10.2 Å². The van der Waals surface area contributed by atoms with E-state index >= 15 is 0 Å². The molecule has 0 N–H and O–H groups in total. The summed E-state index contributed by atoms with van der Waals surface area (Å²) in [7, 11) is 0. The van der Waals surface area contributed by atoms with Gasteiger partial charge in [-0.15, -0.1) is 11.3 Å². The molecule has 0 aliphatic carbocycles. The highest BCUT2D eigenvalue weighted by Gasteiger charge is 2.27. The van der Waals surface area contributed by atoms with Gasteiger partial charge in [-0.2, -0.15) is 0 Å². The van der Waals surface area contributed by atoms with Gasteiger partial charge >= 0.3 is 0 Å². The summed E-state index contributed by atoms with van der Waals surface area (Å²) in [4.78, 5) is 19.5. The van der Waals surface area contributed by atoms with Crippen molar-refractivity contribution >= 4 is 27.5 Å². The average molecular weight is 411 g/mol. The number of rotatable bonds is 7. The first kappa shape index (κ1) is 19.7. The number of fused-ring (bicyclic) bond motifs is 1. The van der Waals surface area contributed by atoms with Crippen molar-refractivity contribution in [2.24, 2.45) is 0 Å². The van der Waals surface area contributed by atoms with E-state index in [1.807, 2.05) is 47.4 Å². The molecule has 1 saturated heterocycles. The SMILES string of the molecule is CCCOc1ccccc1OCC(=O)N1CCCC(c2nc3ccccc3s2)C1. The highest BCUT2D eigenvalue weighted by atomic mass is 32.1. The first-order chi connectivity index (χ1) is 14.2. The predicted octanol–water partition coefficient (Wildman–Crippen LogP) is 4.87. The smallest absolute Gasteiger partial charge is 0.260 e. The maximum absolute atomic E-state index is 12.8. The summed E-state index contributed by atoms with van der Waals surface area (Å²) >= 11 is 1.74. The number of hydrogen-bond acceptors (Lipinski definition) is 5. The van der Waals surface area contributed by atoms with Crippen molar-refractivity contribution in [2.75, 3.05) is 26.3 Å². The highest BCUT2D eigenvalue weighted by Crippen LogP contribution is 2.33. The Labute approximate surface area is 175 Å². The number of hydrogen-bond donors (Lipinski definition) is 0. The van der Waals surface area contributed by atoms with E-state index in [9.17, 15) is 4.79 Å². The Morgan fingerprint density at radius 3 is 2.69 bits per heavy atom. The van der Waals surface area contributed by atoms with E-state index in [2.05, 4.69) is 13.0 Å². The molecule has 6 heteroatoms.